The number of rotatable bonds is 11. The van der Waals surface area contributed by atoms with E-state index in [1.54, 1.807) is 13.1 Å². The lowest BCUT2D eigenvalue weighted by Gasteiger charge is -2.37. The van der Waals surface area contributed by atoms with Crippen molar-refractivity contribution in [3.05, 3.63) is 24.0 Å². The molecule has 1 fully saturated rings. The van der Waals surface area contributed by atoms with E-state index in [0.717, 1.165) is 42.2 Å². The smallest absolute Gasteiger partial charge is 0.341 e. The summed E-state index contributed by atoms with van der Waals surface area (Å²) in [4.78, 5) is 29.4. The van der Waals surface area contributed by atoms with Crippen LogP contribution in [0.2, 0.25) is 25.7 Å². The number of ether oxygens (including phenoxy) is 3. The van der Waals surface area contributed by atoms with Crippen LogP contribution in [0.3, 0.4) is 0 Å². The summed E-state index contributed by atoms with van der Waals surface area (Å²) in [6.45, 7) is 15.9. The maximum Gasteiger partial charge on any atom is 0.341 e. The van der Waals surface area contributed by atoms with Crippen LogP contribution in [0.5, 0.6) is 0 Å². The van der Waals surface area contributed by atoms with Gasteiger partial charge in [-0.15, -0.1) is 0 Å². The van der Waals surface area contributed by atoms with Gasteiger partial charge in [0.05, 0.1) is 12.3 Å². The van der Waals surface area contributed by atoms with E-state index >= 15 is 0 Å². The van der Waals surface area contributed by atoms with Gasteiger partial charge >= 0.3 is 11.9 Å². The standard InChI is InChI=1S/C26H41N3O5Si/c1-8-33-25(31)21-16-27-24-20(9-10-29(24)17-32-11-12-35(5,6)7)23(21)28-19-13-18(14-19)15-22(30)34-26(2,3)4/h9-10,16,18-19H,8,11-15,17H2,1-7H3,(H,27,28). The molecule has 9 heteroatoms. The third-order valence-corrected chi connectivity index (χ3v) is 7.67. The minimum Gasteiger partial charge on any atom is -0.462 e. The lowest BCUT2D eigenvalue weighted by atomic mass is 9.78. The molecule has 1 N–H and O–H groups in total. The van der Waals surface area contributed by atoms with Crippen molar-refractivity contribution in [2.24, 2.45) is 5.92 Å². The molecule has 0 aliphatic heterocycles. The fraction of sp³-hybridized carbons (Fsp3) is 0.654. The van der Waals surface area contributed by atoms with Crippen molar-refractivity contribution in [2.45, 2.75) is 91.0 Å². The molecule has 0 saturated heterocycles. The van der Waals surface area contributed by atoms with Crippen LogP contribution in [0.25, 0.3) is 11.0 Å². The lowest BCUT2D eigenvalue weighted by molar-refractivity contribution is -0.156. The summed E-state index contributed by atoms with van der Waals surface area (Å²) in [5.41, 5.74) is 1.45. The fourth-order valence-electron chi connectivity index (χ4n) is 4.15. The van der Waals surface area contributed by atoms with Crippen LogP contribution in [-0.4, -0.2) is 54.4 Å². The highest BCUT2D eigenvalue weighted by atomic mass is 28.3. The third kappa shape index (κ3) is 7.80. The van der Waals surface area contributed by atoms with Gasteiger partial charge in [-0.05, 0) is 58.6 Å². The van der Waals surface area contributed by atoms with Gasteiger partial charge in [-0.3, -0.25) is 4.79 Å². The van der Waals surface area contributed by atoms with Gasteiger partial charge in [0.25, 0.3) is 0 Å². The molecule has 1 saturated carbocycles. The van der Waals surface area contributed by atoms with Crippen LogP contribution in [0, 0.1) is 5.92 Å². The summed E-state index contributed by atoms with van der Waals surface area (Å²) < 4.78 is 18.6. The molecule has 1 aliphatic carbocycles. The lowest BCUT2D eigenvalue weighted by Crippen LogP contribution is -2.38. The van der Waals surface area contributed by atoms with E-state index in [9.17, 15) is 9.59 Å². The molecule has 1 aliphatic rings. The first-order valence-corrected chi connectivity index (χ1v) is 16.3. The Balaban J connectivity index is 1.71. The molecular weight excluding hydrogens is 462 g/mol. The quantitative estimate of drug-likeness (QED) is 0.248. The Morgan fingerprint density at radius 1 is 1.23 bits per heavy atom. The van der Waals surface area contributed by atoms with E-state index in [1.807, 2.05) is 37.6 Å². The molecule has 0 aromatic carbocycles. The highest BCUT2D eigenvalue weighted by Gasteiger charge is 2.33. The van der Waals surface area contributed by atoms with Crippen molar-refractivity contribution in [1.82, 2.24) is 9.55 Å². The zero-order chi connectivity index (χ0) is 25.8. The second kappa shape index (κ2) is 11.1. The number of hydrogen-bond donors (Lipinski definition) is 1. The second-order valence-corrected chi connectivity index (χ2v) is 17.2. The molecular formula is C26H41N3O5Si. The van der Waals surface area contributed by atoms with Gasteiger partial charge in [0.15, 0.2) is 0 Å². The van der Waals surface area contributed by atoms with Crippen LogP contribution in [0.1, 0.15) is 57.3 Å². The van der Waals surface area contributed by atoms with Gasteiger partial charge in [0.2, 0.25) is 0 Å². The zero-order valence-electron chi connectivity index (χ0n) is 22.3. The summed E-state index contributed by atoms with van der Waals surface area (Å²) in [7, 11) is -1.15. The Hall–Kier alpha value is -2.39. The van der Waals surface area contributed by atoms with Gasteiger partial charge in [-0.25, -0.2) is 9.78 Å². The molecule has 0 bridgehead atoms. The first-order valence-electron chi connectivity index (χ1n) is 12.6. The molecule has 8 nitrogen and oxygen atoms in total. The number of fused-ring (bicyclic) bond motifs is 1. The van der Waals surface area contributed by atoms with Gasteiger partial charge in [-0.2, -0.15) is 0 Å². The number of esters is 2. The number of nitrogens with one attached hydrogen (secondary N) is 1. The summed E-state index contributed by atoms with van der Waals surface area (Å²) in [5.74, 6) is -0.283. The third-order valence-electron chi connectivity index (χ3n) is 5.97. The summed E-state index contributed by atoms with van der Waals surface area (Å²) in [6, 6.07) is 3.23. The molecule has 2 aromatic heterocycles. The molecule has 0 radical (unpaired) electrons. The van der Waals surface area contributed by atoms with E-state index in [0.29, 0.717) is 25.3 Å². The van der Waals surface area contributed by atoms with Crippen molar-refractivity contribution in [3.8, 4) is 0 Å². The number of anilines is 1. The predicted molar refractivity (Wildman–Crippen MR) is 140 cm³/mol. The molecule has 35 heavy (non-hydrogen) atoms. The van der Waals surface area contributed by atoms with Gasteiger partial charge in [0.1, 0.15) is 23.5 Å². The molecule has 2 aromatic rings. The van der Waals surface area contributed by atoms with Crippen LogP contribution < -0.4 is 5.32 Å². The number of hydrogen-bond acceptors (Lipinski definition) is 7. The van der Waals surface area contributed by atoms with Crippen LogP contribution >= 0.6 is 0 Å². The van der Waals surface area contributed by atoms with Gasteiger partial charge in [-0.1, -0.05) is 19.6 Å². The largest absolute Gasteiger partial charge is 0.462 e. The zero-order valence-corrected chi connectivity index (χ0v) is 23.3. The van der Waals surface area contributed by atoms with Crippen molar-refractivity contribution in [1.29, 1.82) is 0 Å². The minimum atomic E-state index is -1.15. The van der Waals surface area contributed by atoms with Crippen LogP contribution in [0.15, 0.2) is 18.5 Å². The van der Waals surface area contributed by atoms with E-state index in [4.69, 9.17) is 14.2 Å². The Morgan fingerprint density at radius 3 is 2.57 bits per heavy atom. The Kier molecular flexibility index (Phi) is 8.64. The van der Waals surface area contributed by atoms with E-state index < -0.39 is 19.6 Å². The van der Waals surface area contributed by atoms with Crippen LogP contribution in [-0.2, 0) is 25.7 Å². The molecule has 0 spiro atoms. The van der Waals surface area contributed by atoms with Crippen molar-refractivity contribution >= 4 is 36.7 Å². The fourth-order valence-corrected chi connectivity index (χ4v) is 4.90. The first-order chi connectivity index (χ1) is 16.4. The van der Waals surface area contributed by atoms with E-state index in [1.165, 1.54) is 0 Å². The molecule has 0 amide bonds. The van der Waals surface area contributed by atoms with Crippen molar-refractivity contribution < 1.29 is 23.8 Å². The molecule has 3 rings (SSSR count). The summed E-state index contributed by atoms with van der Waals surface area (Å²) >= 11 is 0. The van der Waals surface area contributed by atoms with Gasteiger partial charge < -0.3 is 24.1 Å². The Morgan fingerprint density at radius 2 is 1.94 bits per heavy atom. The number of nitrogens with zero attached hydrogens (tertiary/aromatic N) is 2. The Labute approximate surface area is 209 Å². The van der Waals surface area contributed by atoms with E-state index in [-0.39, 0.29) is 17.9 Å². The summed E-state index contributed by atoms with van der Waals surface area (Å²) in [5, 5.41) is 4.40. The molecule has 0 unspecified atom stereocenters. The van der Waals surface area contributed by atoms with Crippen molar-refractivity contribution in [2.75, 3.05) is 18.5 Å². The highest BCUT2D eigenvalue weighted by Crippen LogP contribution is 2.36. The predicted octanol–water partition coefficient (Wildman–Crippen LogP) is 5.45. The van der Waals surface area contributed by atoms with E-state index in [2.05, 4.69) is 29.9 Å². The van der Waals surface area contributed by atoms with Gasteiger partial charge in [0, 0.05) is 44.9 Å². The SMILES string of the molecule is CCOC(=O)c1cnc2c(ccn2COCC[Si](C)(C)C)c1NC1CC(CC(=O)OC(C)(C)C)C1. The minimum absolute atomic E-state index is 0.161. The molecule has 194 valence electrons. The number of aromatic nitrogens is 2. The second-order valence-electron chi connectivity index (χ2n) is 11.6. The maximum atomic E-state index is 12.7. The molecule has 0 atom stereocenters. The average Bonchev–Trinajstić information content (AvgIpc) is 3.11. The maximum absolute atomic E-state index is 12.7. The topological polar surface area (TPSA) is 91.7 Å². The molecule has 2 heterocycles. The Bertz CT molecular complexity index is 1030. The average molecular weight is 504 g/mol. The van der Waals surface area contributed by atoms with Crippen LogP contribution in [0.4, 0.5) is 5.69 Å². The number of pyridine rings is 1. The first kappa shape index (κ1) is 27.2. The highest BCUT2D eigenvalue weighted by molar-refractivity contribution is 6.76. The number of carbonyl (C=O) groups is 2. The normalized spacial score (nSPS) is 18.3. The summed E-state index contributed by atoms with van der Waals surface area (Å²) in [6.07, 6.45) is 5.62. The van der Waals surface area contributed by atoms with Crippen molar-refractivity contribution in [3.63, 3.8) is 0 Å². The monoisotopic (exact) mass is 503 g/mol. The number of carbonyl (C=O) groups excluding carboxylic acids is 2.